The van der Waals surface area contributed by atoms with E-state index in [0.29, 0.717) is 0 Å². The fraction of sp³-hybridized carbons (Fsp3) is 0.0769. The third-order valence-electron chi connectivity index (χ3n) is 11.2. The summed E-state index contributed by atoms with van der Waals surface area (Å²) in [4.78, 5) is 0. The van der Waals surface area contributed by atoms with Gasteiger partial charge >= 0.3 is 0 Å². The van der Waals surface area contributed by atoms with Crippen molar-refractivity contribution in [3.8, 4) is 50.3 Å². The minimum atomic E-state index is 0.816. The van der Waals surface area contributed by atoms with Crippen molar-refractivity contribution in [2.45, 2.75) is 27.2 Å². The molecule has 0 spiro atoms. The van der Waals surface area contributed by atoms with Gasteiger partial charge in [0.2, 0.25) is 0 Å². The highest BCUT2D eigenvalue weighted by Crippen LogP contribution is 2.48. The molecule has 0 aliphatic carbocycles. The van der Waals surface area contributed by atoms with E-state index in [9.17, 15) is 0 Å². The molecule has 0 saturated carbocycles. The maximum absolute atomic E-state index is 6.95. The molecule has 0 atom stereocenters. The van der Waals surface area contributed by atoms with Crippen molar-refractivity contribution in [1.29, 1.82) is 0 Å². The van der Waals surface area contributed by atoms with Crippen LogP contribution >= 0.6 is 0 Å². The molecule has 0 radical (unpaired) electrons. The lowest BCUT2D eigenvalue weighted by molar-refractivity contribution is 0.499. The van der Waals surface area contributed by atoms with Gasteiger partial charge in [-0.1, -0.05) is 156 Å². The van der Waals surface area contributed by atoms with Gasteiger partial charge in [-0.3, -0.25) is 0 Å². The minimum Gasteiger partial charge on any atom is -0.457 e. The summed E-state index contributed by atoms with van der Waals surface area (Å²) in [6.07, 6.45) is 3.09. The summed E-state index contributed by atoms with van der Waals surface area (Å²) in [6, 6.07) is 58.3. The quantitative estimate of drug-likeness (QED) is 0.165. The first kappa shape index (κ1) is 31.3. The van der Waals surface area contributed by atoms with Crippen LogP contribution in [0.5, 0.6) is 5.75 Å². The van der Waals surface area contributed by atoms with Gasteiger partial charge in [0.1, 0.15) is 11.5 Å². The number of allylic oxidation sites excluding steroid dienone is 1. The summed E-state index contributed by atoms with van der Waals surface area (Å²) in [5.41, 5.74) is 15.8. The van der Waals surface area contributed by atoms with Crippen molar-refractivity contribution in [2.24, 2.45) is 0 Å². The van der Waals surface area contributed by atoms with Crippen molar-refractivity contribution >= 4 is 38.1 Å². The average molecular weight is 679 g/mol. The summed E-state index contributed by atoms with van der Waals surface area (Å²) in [5, 5.41) is 7.57. The molecule has 1 nitrogen and oxygen atoms in total. The zero-order valence-electron chi connectivity index (χ0n) is 30.2. The van der Waals surface area contributed by atoms with Crippen LogP contribution in [0.1, 0.15) is 27.8 Å². The van der Waals surface area contributed by atoms with E-state index in [0.717, 1.165) is 29.1 Å². The van der Waals surface area contributed by atoms with Crippen LogP contribution in [0.4, 0.5) is 0 Å². The Kier molecular flexibility index (Phi) is 7.30. The third kappa shape index (κ3) is 5.31. The number of hydrogen-bond acceptors (Lipinski definition) is 1. The minimum absolute atomic E-state index is 0.816. The van der Waals surface area contributed by atoms with Crippen LogP contribution < -0.4 is 4.74 Å². The molecule has 0 aromatic heterocycles. The maximum Gasteiger partial charge on any atom is 0.131 e. The molecule has 53 heavy (non-hydrogen) atoms. The first-order chi connectivity index (χ1) is 26.0. The molecule has 0 unspecified atom stereocenters. The number of aryl methyl sites for hydroxylation is 3. The second-order valence-electron chi connectivity index (χ2n) is 14.7. The van der Waals surface area contributed by atoms with Gasteiger partial charge in [-0.15, -0.1) is 0 Å². The summed E-state index contributed by atoms with van der Waals surface area (Å²) in [7, 11) is 0. The van der Waals surface area contributed by atoms with Gasteiger partial charge in [-0.25, -0.2) is 0 Å². The summed E-state index contributed by atoms with van der Waals surface area (Å²) < 4.78 is 6.95. The summed E-state index contributed by atoms with van der Waals surface area (Å²) >= 11 is 0. The predicted octanol–water partition coefficient (Wildman–Crippen LogP) is 14.2. The molecular formula is C52H38O. The van der Waals surface area contributed by atoms with E-state index in [-0.39, 0.29) is 0 Å². The molecule has 1 heteroatoms. The zero-order valence-corrected chi connectivity index (χ0v) is 30.2. The van der Waals surface area contributed by atoms with E-state index < -0.39 is 0 Å². The lowest BCUT2D eigenvalue weighted by Gasteiger charge is -2.24. The Morgan fingerprint density at radius 1 is 0.377 bits per heavy atom. The Morgan fingerprint density at radius 3 is 1.30 bits per heavy atom. The topological polar surface area (TPSA) is 9.23 Å². The van der Waals surface area contributed by atoms with Crippen molar-refractivity contribution in [1.82, 2.24) is 0 Å². The first-order valence-electron chi connectivity index (χ1n) is 18.5. The third-order valence-corrected chi connectivity index (χ3v) is 11.2. The number of fused-ring (bicyclic) bond motifs is 1. The molecule has 0 N–H and O–H groups in total. The molecule has 0 saturated heterocycles. The SMILES string of the molecule is Cc1ccc(-c2cc(C3=CCc4ccc(-c5ccccc5)cc4O3)c3ccc4c(-c5ccc(C)cc5)cc(-c5ccc(C)cc5)c5ccc2c3c45)cc1. The van der Waals surface area contributed by atoms with Crippen LogP contribution in [-0.4, -0.2) is 0 Å². The van der Waals surface area contributed by atoms with Crippen LogP contribution in [0.15, 0.2) is 164 Å². The number of hydrogen-bond donors (Lipinski definition) is 0. The first-order valence-corrected chi connectivity index (χ1v) is 18.5. The second kappa shape index (κ2) is 12.4. The molecule has 0 bridgehead atoms. The average Bonchev–Trinajstić information content (AvgIpc) is 3.20. The molecule has 9 aromatic rings. The Morgan fingerprint density at radius 2 is 0.811 bits per heavy atom. The van der Waals surface area contributed by atoms with Gasteiger partial charge in [-0.2, -0.15) is 0 Å². The van der Waals surface area contributed by atoms with E-state index in [1.165, 1.54) is 93.5 Å². The molecule has 1 aliphatic rings. The van der Waals surface area contributed by atoms with Crippen LogP contribution in [0.25, 0.3) is 82.6 Å². The number of benzene rings is 9. The van der Waals surface area contributed by atoms with E-state index in [1.807, 2.05) is 0 Å². The molecule has 1 heterocycles. The highest BCUT2D eigenvalue weighted by atomic mass is 16.5. The normalized spacial score (nSPS) is 12.6. The Hall–Kier alpha value is -6.44. The molecule has 9 aromatic carbocycles. The van der Waals surface area contributed by atoms with Crippen molar-refractivity contribution in [3.05, 3.63) is 192 Å². The molecule has 10 rings (SSSR count). The largest absolute Gasteiger partial charge is 0.457 e. The standard InChI is InChI=1S/C52H38O/c1-32-9-15-36(16-10-32)45-30-46(37-17-11-33(2)12-18-37)42-26-27-44-48(49-28-23-39-21-22-40(29-50(39)53-49)35-7-5-4-6-8-35)31-47(38-19-13-34(3)14-20-38)43-25-24-41(45)51(42)52(43)44/h4-22,24-31H,23H2,1-3H3. The van der Waals surface area contributed by atoms with Crippen LogP contribution in [0.3, 0.4) is 0 Å². The van der Waals surface area contributed by atoms with Crippen molar-refractivity contribution in [3.63, 3.8) is 0 Å². The highest BCUT2D eigenvalue weighted by molar-refractivity contribution is 6.31. The second-order valence-corrected chi connectivity index (χ2v) is 14.7. The van der Waals surface area contributed by atoms with E-state index >= 15 is 0 Å². The van der Waals surface area contributed by atoms with Gasteiger partial charge in [0, 0.05) is 5.56 Å². The van der Waals surface area contributed by atoms with Gasteiger partial charge in [0.05, 0.1) is 0 Å². The highest BCUT2D eigenvalue weighted by Gasteiger charge is 2.24. The lowest BCUT2D eigenvalue weighted by atomic mass is 9.82. The number of rotatable bonds is 5. The molecular weight excluding hydrogens is 641 g/mol. The van der Waals surface area contributed by atoms with Gasteiger partial charge in [0.25, 0.3) is 0 Å². The van der Waals surface area contributed by atoms with Crippen LogP contribution in [0, 0.1) is 20.8 Å². The fourth-order valence-corrected chi connectivity index (χ4v) is 8.27. The maximum atomic E-state index is 6.95. The van der Waals surface area contributed by atoms with E-state index in [4.69, 9.17) is 4.74 Å². The summed E-state index contributed by atoms with van der Waals surface area (Å²) in [6.45, 7) is 6.46. The monoisotopic (exact) mass is 678 g/mol. The van der Waals surface area contributed by atoms with Crippen LogP contribution in [-0.2, 0) is 6.42 Å². The smallest absolute Gasteiger partial charge is 0.131 e. The Labute approximate surface area is 310 Å². The van der Waals surface area contributed by atoms with Gasteiger partial charge < -0.3 is 4.74 Å². The van der Waals surface area contributed by atoms with Gasteiger partial charge in [0.15, 0.2) is 0 Å². The Balaban J connectivity index is 1.26. The van der Waals surface area contributed by atoms with Gasteiger partial charge in [-0.05, 0) is 134 Å². The Bertz CT molecular complexity index is 2790. The zero-order chi connectivity index (χ0) is 35.6. The molecule has 1 aliphatic heterocycles. The number of ether oxygens (including phenoxy) is 1. The summed E-state index contributed by atoms with van der Waals surface area (Å²) in [5.74, 6) is 1.83. The predicted molar refractivity (Wildman–Crippen MR) is 225 cm³/mol. The lowest BCUT2D eigenvalue weighted by Crippen LogP contribution is -2.05. The van der Waals surface area contributed by atoms with Crippen LogP contribution in [0.2, 0.25) is 0 Å². The van der Waals surface area contributed by atoms with Crippen molar-refractivity contribution < 1.29 is 4.74 Å². The molecule has 0 amide bonds. The van der Waals surface area contributed by atoms with E-state index in [1.54, 1.807) is 0 Å². The molecule has 252 valence electrons. The van der Waals surface area contributed by atoms with E-state index in [2.05, 4.69) is 185 Å². The van der Waals surface area contributed by atoms with Crippen molar-refractivity contribution in [2.75, 3.05) is 0 Å². The fourth-order valence-electron chi connectivity index (χ4n) is 8.27. The molecule has 0 fully saturated rings.